The first kappa shape index (κ1) is 13.5. The molecule has 2 aromatic rings. The molecule has 4 nitrogen and oxygen atoms in total. The standard InChI is InChI=1S/C17H19N3O/c1-18-14-6-4-7-15(11-14)19-17(21)12-20-10-9-13-5-2-3-8-16(13)20/h2-8,11,18H,9-10,12H2,1H3,(H,19,21). The Balaban J connectivity index is 1.65. The van der Waals surface area contributed by atoms with E-state index in [1.165, 1.54) is 11.3 Å². The van der Waals surface area contributed by atoms with Gasteiger partial charge in [-0.05, 0) is 36.2 Å². The molecule has 1 amide bonds. The van der Waals surface area contributed by atoms with Crippen molar-refractivity contribution in [2.24, 2.45) is 0 Å². The van der Waals surface area contributed by atoms with Gasteiger partial charge in [0.1, 0.15) is 0 Å². The van der Waals surface area contributed by atoms with Gasteiger partial charge < -0.3 is 15.5 Å². The first-order chi connectivity index (χ1) is 10.3. The van der Waals surface area contributed by atoms with Crippen molar-refractivity contribution in [1.29, 1.82) is 0 Å². The molecule has 1 aliphatic heterocycles. The van der Waals surface area contributed by atoms with Crippen LogP contribution in [-0.4, -0.2) is 26.0 Å². The molecule has 0 aliphatic carbocycles. The van der Waals surface area contributed by atoms with Gasteiger partial charge in [-0.2, -0.15) is 0 Å². The number of rotatable bonds is 4. The quantitative estimate of drug-likeness (QED) is 0.905. The maximum atomic E-state index is 12.2. The summed E-state index contributed by atoms with van der Waals surface area (Å²) < 4.78 is 0. The Hall–Kier alpha value is -2.49. The van der Waals surface area contributed by atoms with Crippen LogP contribution in [0.1, 0.15) is 5.56 Å². The molecule has 21 heavy (non-hydrogen) atoms. The summed E-state index contributed by atoms with van der Waals surface area (Å²) in [5.41, 5.74) is 4.30. The molecule has 2 N–H and O–H groups in total. The van der Waals surface area contributed by atoms with E-state index >= 15 is 0 Å². The zero-order valence-electron chi connectivity index (χ0n) is 12.1. The summed E-state index contributed by atoms with van der Waals surface area (Å²) in [6.45, 7) is 1.30. The van der Waals surface area contributed by atoms with E-state index in [1.807, 2.05) is 43.4 Å². The Morgan fingerprint density at radius 3 is 2.81 bits per heavy atom. The van der Waals surface area contributed by atoms with Crippen LogP contribution in [0.15, 0.2) is 48.5 Å². The number of hydrogen-bond acceptors (Lipinski definition) is 3. The molecule has 3 rings (SSSR count). The smallest absolute Gasteiger partial charge is 0.243 e. The molecule has 0 radical (unpaired) electrons. The highest BCUT2D eigenvalue weighted by molar-refractivity contribution is 5.94. The van der Waals surface area contributed by atoms with Crippen molar-refractivity contribution >= 4 is 23.0 Å². The topological polar surface area (TPSA) is 44.4 Å². The normalized spacial score (nSPS) is 12.9. The second-order valence-corrected chi connectivity index (χ2v) is 5.18. The highest BCUT2D eigenvalue weighted by Gasteiger charge is 2.20. The Labute approximate surface area is 124 Å². The minimum atomic E-state index is 0.0138. The summed E-state index contributed by atoms with van der Waals surface area (Å²) in [7, 11) is 1.86. The lowest BCUT2D eigenvalue weighted by atomic mass is 10.2. The van der Waals surface area contributed by atoms with Crippen LogP contribution in [-0.2, 0) is 11.2 Å². The van der Waals surface area contributed by atoms with Gasteiger partial charge in [0, 0.05) is 30.7 Å². The molecule has 0 bridgehead atoms. The Morgan fingerprint density at radius 1 is 1.14 bits per heavy atom. The van der Waals surface area contributed by atoms with E-state index in [0.717, 1.165) is 24.3 Å². The second kappa shape index (κ2) is 5.87. The highest BCUT2D eigenvalue weighted by Crippen LogP contribution is 2.27. The molecule has 108 valence electrons. The molecule has 4 heteroatoms. The van der Waals surface area contributed by atoms with Gasteiger partial charge >= 0.3 is 0 Å². The van der Waals surface area contributed by atoms with Gasteiger partial charge in [0.25, 0.3) is 0 Å². The maximum absolute atomic E-state index is 12.2. The summed E-state index contributed by atoms with van der Waals surface area (Å²) in [6, 6.07) is 16.0. The highest BCUT2D eigenvalue weighted by atomic mass is 16.2. The summed E-state index contributed by atoms with van der Waals surface area (Å²) in [5, 5.41) is 6.02. The molecule has 2 aromatic carbocycles. The van der Waals surface area contributed by atoms with Crippen LogP contribution in [0.5, 0.6) is 0 Å². The van der Waals surface area contributed by atoms with E-state index < -0.39 is 0 Å². The molecular weight excluding hydrogens is 262 g/mol. The van der Waals surface area contributed by atoms with Crippen molar-refractivity contribution in [1.82, 2.24) is 0 Å². The zero-order chi connectivity index (χ0) is 14.7. The monoisotopic (exact) mass is 281 g/mol. The summed E-state index contributed by atoms with van der Waals surface area (Å²) in [5.74, 6) is 0.0138. The number of para-hydroxylation sites is 1. The van der Waals surface area contributed by atoms with Gasteiger partial charge in [-0.3, -0.25) is 4.79 Å². The van der Waals surface area contributed by atoms with Crippen molar-refractivity contribution in [3.63, 3.8) is 0 Å². The minimum Gasteiger partial charge on any atom is -0.388 e. The van der Waals surface area contributed by atoms with Crippen LogP contribution in [0.4, 0.5) is 17.1 Å². The summed E-state index contributed by atoms with van der Waals surface area (Å²) >= 11 is 0. The fourth-order valence-electron chi connectivity index (χ4n) is 2.70. The van der Waals surface area contributed by atoms with Crippen molar-refractivity contribution in [3.8, 4) is 0 Å². The van der Waals surface area contributed by atoms with Crippen LogP contribution in [0.3, 0.4) is 0 Å². The van der Waals surface area contributed by atoms with E-state index in [-0.39, 0.29) is 5.91 Å². The number of fused-ring (bicyclic) bond motifs is 1. The number of carbonyl (C=O) groups excluding carboxylic acids is 1. The lowest BCUT2D eigenvalue weighted by Gasteiger charge is -2.18. The van der Waals surface area contributed by atoms with Gasteiger partial charge in [0.05, 0.1) is 6.54 Å². The van der Waals surface area contributed by atoms with Crippen molar-refractivity contribution in [3.05, 3.63) is 54.1 Å². The number of anilines is 3. The minimum absolute atomic E-state index is 0.0138. The number of benzene rings is 2. The van der Waals surface area contributed by atoms with Crippen LogP contribution < -0.4 is 15.5 Å². The van der Waals surface area contributed by atoms with Crippen molar-refractivity contribution < 1.29 is 4.79 Å². The van der Waals surface area contributed by atoms with E-state index in [1.54, 1.807) is 0 Å². The lowest BCUT2D eigenvalue weighted by molar-refractivity contribution is -0.115. The molecule has 0 aromatic heterocycles. The number of carbonyl (C=O) groups is 1. The van der Waals surface area contributed by atoms with Gasteiger partial charge in [-0.1, -0.05) is 24.3 Å². The Bertz CT molecular complexity index is 654. The predicted octanol–water partition coefficient (Wildman–Crippen LogP) is 2.73. The van der Waals surface area contributed by atoms with Gasteiger partial charge in [-0.15, -0.1) is 0 Å². The molecule has 0 fully saturated rings. The molecule has 0 saturated heterocycles. The molecule has 0 saturated carbocycles. The average Bonchev–Trinajstić information content (AvgIpc) is 2.91. The summed E-state index contributed by atoms with van der Waals surface area (Å²) in [6.07, 6.45) is 1.01. The fraction of sp³-hybridized carbons (Fsp3) is 0.235. The first-order valence-corrected chi connectivity index (χ1v) is 7.17. The zero-order valence-corrected chi connectivity index (χ0v) is 12.1. The maximum Gasteiger partial charge on any atom is 0.243 e. The lowest BCUT2D eigenvalue weighted by Crippen LogP contribution is -2.31. The first-order valence-electron chi connectivity index (χ1n) is 7.17. The SMILES string of the molecule is CNc1cccc(NC(=O)CN2CCc3ccccc32)c1. The van der Waals surface area contributed by atoms with Crippen LogP contribution >= 0.6 is 0 Å². The van der Waals surface area contributed by atoms with Crippen LogP contribution in [0.25, 0.3) is 0 Å². The second-order valence-electron chi connectivity index (χ2n) is 5.18. The summed E-state index contributed by atoms with van der Waals surface area (Å²) in [4.78, 5) is 14.3. The van der Waals surface area contributed by atoms with Gasteiger partial charge in [0.2, 0.25) is 5.91 Å². The van der Waals surface area contributed by atoms with Crippen molar-refractivity contribution in [2.75, 3.05) is 35.7 Å². The number of hydrogen-bond donors (Lipinski definition) is 2. The van der Waals surface area contributed by atoms with E-state index in [9.17, 15) is 4.79 Å². The van der Waals surface area contributed by atoms with E-state index in [4.69, 9.17) is 0 Å². The van der Waals surface area contributed by atoms with Crippen LogP contribution in [0, 0.1) is 0 Å². The Kier molecular flexibility index (Phi) is 3.77. The number of nitrogens with one attached hydrogen (secondary N) is 2. The van der Waals surface area contributed by atoms with Gasteiger partial charge in [0.15, 0.2) is 0 Å². The van der Waals surface area contributed by atoms with Gasteiger partial charge in [-0.25, -0.2) is 0 Å². The van der Waals surface area contributed by atoms with E-state index in [2.05, 4.69) is 27.7 Å². The van der Waals surface area contributed by atoms with Crippen molar-refractivity contribution in [2.45, 2.75) is 6.42 Å². The predicted molar refractivity (Wildman–Crippen MR) is 87.0 cm³/mol. The molecule has 0 atom stereocenters. The molecule has 0 unspecified atom stereocenters. The third-order valence-electron chi connectivity index (χ3n) is 3.75. The van der Waals surface area contributed by atoms with E-state index in [0.29, 0.717) is 6.54 Å². The Morgan fingerprint density at radius 2 is 1.95 bits per heavy atom. The largest absolute Gasteiger partial charge is 0.388 e. The third-order valence-corrected chi connectivity index (χ3v) is 3.75. The van der Waals surface area contributed by atoms with Crippen LogP contribution in [0.2, 0.25) is 0 Å². The molecular formula is C17H19N3O. The average molecular weight is 281 g/mol. The molecule has 0 spiro atoms. The third kappa shape index (κ3) is 2.99. The number of amides is 1. The number of nitrogens with zero attached hydrogens (tertiary/aromatic N) is 1. The molecule has 1 aliphatic rings. The molecule has 1 heterocycles. The fourth-order valence-corrected chi connectivity index (χ4v) is 2.70.